The van der Waals surface area contributed by atoms with E-state index in [9.17, 15) is 4.79 Å². The lowest BCUT2D eigenvalue weighted by Crippen LogP contribution is -2.20. The Hall–Kier alpha value is -4.13. The van der Waals surface area contributed by atoms with E-state index in [4.69, 9.17) is 4.74 Å². The van der Waals surface area contributed by atoms with Crippen molar-refractivity contribution in [1.82, 2.24) is 14.8 Å². The molecule has 0 spiro atoms. The summed E-state index contributed by atoms with van der Waals surface area (Å²) in [5.74, 6) is 1.03. The van der Waals surface area contributed by atoms with Gasteiger partial charge in [0, 0.05) is 23.6 Å². The average Bonchev–Trinajstić information content (AvgIpc) is 3.21. The number of anilines is 2. The van der Waals surface area contributed by atoms with Crippen molar-refractivity contribution in [3.63, 3.8) is 0 Å². The average molecular weight is 442 g/mol. The number of aromatic nitrogens is 3. The number of hydrogen-bond donors (Lipinski definition) is 2. The molecule has 2 heterocycles. The Morgan fingerprint density at radius 1 is 0.939 bits per heavy atom. The van der Waals surface area contributed by atoms with Gasteiger partial charge < -0.3 is 15.4 Å². The van der Waals surface area contributed by atoms with Crippen molar-refractivity contribution in [1.29, 1.82) is 0 Å². The molecule has 0 saturated heterocycles. The van der Waals surface area contributed by atoms with E-state index in [0.717, 1.165) is 16.9 Å². The van der Waals surface area contributed by atoms with Crippen LogP contribution in [-0.2, 0) is 5.41 Å². The van der Waals surface area contributed by atoms with Crippen LogP contribution in [0.3, 0.4) is 0 Å². The molecule has 2 amide bonds. The van der Waals surface area contributed by atoms with Gasteiger partial charge in [0.05, 0.1) is 11.4 Å². The number of nitrogens with one attached hydrogen (secondary N) is 2. The van der Waals surface area contributed by atoms with E-state index >= 15 is 0 Å². The second-order valence-electron chi connectivity index (χ2n) is 8.73. The third-order valence-electron chi connectivity index (χ3n) is 5.03. The fraction of sp³-hybridized carbons (Fsp3) is 0.192. The topological polar surface area (TPSA) is 81.1 Å². The lowest BCUT2D eigenvalue weighted by atomic mass is 9.86. The van der Waals surface area contributed by atoms with Gasteiger partial charge in [-0.1, -0.05) is 39.0 Å². The van der Waals surface area contributed by atoms with Gasteiger partial charge in [-0.15, -0.1) is 0 Å². The molecule has 2 N–H and O–H groups in total. The second kappa shape index (κ2) is 9.16. The van der Waals surface area contributed by atoms with Gasteiger partial charge in [0.15, 0.2) is 0 Å². The van der Waals surface area contributed by atoms with E-state index in [1.54, 1.807) is 23.0 Å². The van der Waals surface area contributed by atoms with E-state index in [2.05, 4.69) is 41.5 Å². The molecule has 33 heavy (non-hydrogen) atoms. The van der Waals surface area contributed by atoms with Crippen LogP contribution < -0.4 is 15.4 Å². The first-order valence-corrected chi connectivity index (χ1v) is 10.7. The number of para-hydroxylation sites is 1. The number of urea groups is 1. The molecule has 0 fully saturated rings. The van der Waals surface area contributed by atoms with Crippen molar-refractivity contribution >= 4 is 17.4 Å². The van der Waals surface area contributed by atoms with Crippen molar-refractivity contribution in [2.75, 3.05) is 10.6 Å². The quantitative estimate of drug-likeness (QED) is 0.380. The maximum absolute atomic E-state index is 12.6. The molecule has 2 aromatic carbocycles. The lowest BCUT2D eigenvalue weighted by molar-refractivity contribution is 0.262. The summed E-state index contributed by atoms with van der Waals surface area (Å²) >= 11 is 0. The largest absolute Gasteiger partial charge is 0.437 e. The highest BCUT2D eigenvalue weighted by Gasteiger charge is 2.20. The maximum atomic E-state index is 12.6. The van der Waals surface area contributed by atoms with Crippen LogP contribution in [0.4, 0.5) is 16.2 Å². The van der Waals surface area contributed by atoms with Gasteiger partial charge in [-0.2, -0.15) is 5.10 Å². The molecule has 0 radical (unpaired) electrons. The summed E-state index contributed by atoms with van der Waals surface area (Å²) in [5, 5.41) is 10.1. The molecule has 4 aromatic rings. The minimum atomic E-state index is -0.389. The Morgan fingerprint density at radius 3 is 2.39 bits per heavy atom. The van der Waals surface area contributed by atoms with Gasteiger partial charge in [-0.05, 0) is 60.9 Å². The Labute approximate surface area is 193 Å². The van der Waals surface area contributed by atoms with Crippen molar-refractivity contribution in [3.8, 4) is 17.3 Å². The molecular weight excluding hydrogens is 414 g/mol. The monoisotopic (exact) mass is 441 g/mol. The number of carbonyl (C=O) groups excluding carboxylic acids is 1. The molecule has 0 bridgehead atoms. The van der Waals surface area contributed by atoms with E-state index in [1.165, 1.54) is 0 Å². The van der Waals surface area contributed by atoms with Crippen LogP contribution in [0.5, 0.6) is 11.6 Å². The van der Waals surface area contributed by atoms with Crippen LogP contribution in [0.25, 0.3) is 5.69 Å². The molecule has 0 aliphatic rings. The SMILES string of the molecule is Cc1ccn(-c2ccc(NC(=O)Nc3cccnc3Oc3ccccc3C(C)(C)C)cc2)n1. The van der Waals surface area contributed by atoms with E-state index in [0.29, 0.717) is 23.0 Å². The summed E-state index contributed by atoms with van der Waals surface area (Å²) in [5.41, 5.74) is 3.94. The van der Waals surface area contributed by atoms with Crippen molar-refractivity contribution in [2.24, 2.45) is 0 Å². The molecule has 0 saturated carbocycles. The predicted molar refractivity (Wildman–Crippen MR) is 130 cm³/mol. The Morgan fingerprint density at radius 2 is 1.70 bits per heavy atom. The number of benzene rings is 2. The first kappa shape index (κ1) is 22.1. The molecule has 0 aliphatic heterocycles. The van der Waals surface area contributed by atoms with Crippen LogP contribution in [0.1, 0.15) is 32.0 Å². The van der Waals surface area contributed by atoms with Crippen LogP contribution in [0.15, 0.2) is 79.1 Å². The summed E-state index contributed by atoms with van der Waals surface area (Å²) in [6.07, 6.45) is 3.53. The number of aryl methyl sites for hydroxylation is 1. The smallest absolute Gasteiger partial charge is 0.323 e. The van der Waals surface area contributed by atoms with E-state index in [1.807, 2.05) is 67.7 Å². The predicted octanol–water partition coefficient (Wildman–Crippen LogP) is 6.31. The van der Waals surface area contributed by atoms with Gasteiger partial charge >= 0.3 is 6.03 Å². The number of rotatable bonds is 5. The second-order valence-corrected chi connectivity index (χ2v) is 8.73. The van der Waals surface area contributed by atoms with Crippen molar-refractivity contribution in [2.45, 2.75) is 33.1 Å². The van der Waals surface area contributed by atoms with Gasteiger partial charge in [-0.3, -0.25) is 0 Å². The highest BCUT2D eigenvalue weighted by Crippen LogP contribution is 2.35. The molecule has 0 unspecified atom stereocenters. The van der Waals surface area contributed by atoms with E-state index in [-0.39, 0.29) is 11.4 Å². The number of pyridine rings is 1. The highest BCUT2D eigenvalue weighted by atomic mass is 16.5. The molecule has 0 atom stereocenters. The summed E-state index contributed by atoms with van der Waals surface area (Å²) in [6, 6.07) is 20.3. The van der Waals surface area contributed by atoms with Crippen LogP contribution in [-0.4, -0.2) is 20.8 Å². The first-order valence-electron chi connectivity index (χ1n) is 10.7. The minimum Gasteiger partial charge on any atom is -0.437 e. The van der Waals surface area contributed by atoms with Crippen molar-refractivity contribution < 1.29 is 9.53 Å². The molecular formula is C26H27N5O2. The standard InChI is InChI=1S/C26H27N5O2/c1-18-15-17-31(30-18)20-13-11-19(12-14-20)28-25(32)29-22-9-7-16-27-24(22)33-23-10-6-5-8-21(23)26(2,3)4/h5-17H,1-4H3,(H2,28,29,32). The van der Waals surface area contributed by atoms with Gasteiger partial charge in [0.1, 0.15) is 11.4 Å². The molecule has 168 valence electrons. The molecule has 7 nitrogen and oxygen atoms in total. The zero-order valence-electron chi connectivity index (χ0n) is 19.2. The Bertz CT molecular complexity index is 1260. The summed E-state index contributed by atoms with van der Waals surface area (Å²) < 4.78 is 7.91. The number of hydrogen-bond acceptors (Lipinski definition) is 4. The minimum absolute atomic E-state index is 0.0998. The Balaban J connectivity index is 1.47. The fourth-order valence-corrected chi connectivity index (χ4v) is 3.39. The zero-order chi connectivity index (χ0) is 23.4. The van der Waals surface area contributed by atoms with Gasteiger partial charge in [-0.25, -0.2) is 14.5 Å². The van der Waals surface area contributed by atoms with E-state index < -0.39 is 0 Å². The first-order chi connectivity index (χ1) is 15.8. The normalized spacial score (nSPS) is 11.2. The summed E-state index contributed by atoms with van der Waals surface area (Å²) in [7, 11) is 0. The molecule has 7 heteroatoms. The lowest BCUT2D eigenvalue weighted by Gasteiger charge is -2.22. The van der Waals surface area contributed by atoms with Gasteiger partial charge in [0.2, 0.25) is 5.88 Å². The maximum Gasteiger partial charge on any atom is 0.323 e. The summed E-state index contributed by atoms with van der Waals surface area (Å²) in [4.78, 5) is 17.0. The molecule has 0 aliphatic carbocycles. The zero-order valence-corrected chi connectivity index (χ0v) is 19.2. The van der Waals surface area contributed by atoms with Crippen LogP contribution >= 0.6 is 0 Å². The highest BCUT2D eigenvalue weighted by molar-refractivity contribution is 6.00. The third kappa shape index (κ3) is 5.38. The Kier molecular flexibility index (Phi) is 6.13. The molecule has 4 rings (SSSR count). The van der Waals surface area contributed by atoms with Gasteiger partial charge in [0.25, 0.3) is 0 Å². The van der Waals surface area contributed by atoms with Crippen LogP contribution in [0.2, 0.25) is 0 Å². The number of carbonyl (C=O) groups is 1. The fourth-order valence-electron chi connectivity index (χ4n) is 3.39. The summed E-state index contributed by atoms with van der Waals surface area (Å²) in [6.45, 7) is 8.31. The molecule has 2 aromatic heterocycles. The number of amides is 2. The third-order valence-corrected chi connectivity index (χ3v) is 5.03. The van der Waals surface area contributed by atoms with Crippen LogP contribution in [0, 0.1) is 6.92 Å². The number of nitrogens with zero attached hydrogens (tertiary/aromatic N) is 3. The number of ether oxygens (including phenoxy) is 1. The van der Waals surface area contributed by atoms with Crippen molar-refractivity contribution in [3.05, 3.63) is 90.4 Å².